The first-order valence-corrected chi connectivity index (χ1v) is 5.08. The summed E-state index contributed by atoms with van der Waals surface area (Å²) in [6, 6.07) is 7.63. The van der Waals surface area contributed by atoms with Crippen LogP contribution in [-0.4, -0.2) is 12.5 Å². The standard InChI is InChI=1S/C10H10N2OS/c11-8-3-1-2-4-9(8)14-7-5-10(13)12-6-7/h1-5H,6,11H2,(H,12,13). The Morgan fingerprint density at radius 1 is 1.36 bits per heavy atom. The summed E-state index contributed by atoms with van der Waals surface area (Å²) in [6.45, 7) is 0.609. The average Bonchev–Trinajstić information content (AvgIpc) is 2.56. The minimum Gasteiger partial charge on any atom is -0.398 e. The van der Waals surface area contributed by atoms with Crippen LogP contribution in [0.3, 0.4) is 0 Å². The fourth-order valence-corrected chi connectivity index (χ4v) is 2.13. The zero-order valence-electron chi connectivity index (χ0n) is 7.49. The molecule has 0 aromatic heterocycles. The molecule has 72 valence electrons. The zero-order valence-corrected chi connectivity index (χ0v) is 8.30. The van der Waals surface area contributed by atoms with Gasteiger partial charge in [0.2, 0.25) is 5.91 Å². The highest BCUT2D eigenvalue weighted by Gasteiger charge is 2.12. The molecule has 0 atom stereocenters. The van der Waals surface area contributed by atoms with Crippen LogP contribution in [0.15, 0.2) is 40.1 Å². The van der Waals surface area contributed by atoms with Crippen LogP contribution in [0.4, 0.5) is 5.69 Å². The number of carbonyl (C=O) groups is 1. The van der Waals surface area contributed by atoms with Gasteiger partial charge >= 0.3 is 0 Å². The van der Waals surface area contributed by atoms with Crippen molar-refractivity contribution in [2.24, 2.45) is 0 Å². The lowest BCUT2D eigenvalue weighted by Crippen LogP contribution is -2.14. The summed E-state index contributed by atoms with van der Waals surface area (Å²) in [4.78, 5) is 12.9. The van der Waals surface area contributed by atoms with Crippen LogP contribution in [-0.2, 0) is 4.79 Å². The van der Waals surface area contributed by atoms with E-state index in [0.29, 0.717) is 6.54 Å². The molecule has 1 heterocycles. The largest absolute Gasteiger partial charge is 0.398 e. The molecule has 0 radical (unpaired) electrons. The molecule has 2 rings (SSSR count). The van der Waals surface area contributed by atoms with Crippen LogP contribution in [0.2, 0.25) is 0 Å². The van der Waals surface area contributed by atoms with Gasteiger partial charge in [-0.3, -0.25) is 4.79 Å². The van der Waals surface area contributed by atoms with Gasteiger partial charge < -0.3 is 11.1 Å². The molecule has 1 aromatic rings. The van der Waals surface area contributed by atoms with Crippen molar-refractivity contribution in [2.75, 3.05) is 12.3 Å². The van der Waals surface area contributed by atoms with Gasteiger partial charge in [-0.05, 0) is 12.1 Å². The number of hydrogen-bond donors (Lipinski definition) is 2. The SMILES string of the molecule is Nc1ccccc1SC1=CC(=O)NC1. The number of carbonyl (C=O) groups excluding carboxylic acids is 1. The maximum absolute atomic E-state index is 10.9. The molecule has 3 nitrogen and oxygen atoms in total. The van der Waals surface area contributed by atoms with E-state index in [-0.39, 0.29) is 5.91 Å². The number of para-hydroxylation sites is 1. The Bertz CT molecular complexity index is 401. The maximum atomic E-state index is 10.9. The van der Waals surface area contributed by atoms with Crippen molar-refractivity contribution in [1.29, 1.82) is 0 Å². The number of nitrogens with two attached hydrogens (primary N) is 1. The molecule has 4 heteroatoms. The number of rotatable bonds is 2. The first-order chi connectivity index (χ1) is 6.75. The van der Waals surface area contributed by atoms with Crippen LogP contribution < -0.4 is 11.1 Å². The van der Waals surface area contributed by atoms with Gasteiger partial charge in [0.25, 0.3) is 0 Å². The van der Waals surface area contributed by atoms with Crippen LogP contribution in [0.5, 0.6) is 0 Å². The van der Waals surface area contributed by atoms with Crippen LogP contribution >= 0.6 is 11.8 Å². The number of anilines is 1. The smallest absolute Gasteiger partial charge is 0.245 e. The highest BCUT2D eigenvalue weighted by atomic mass is 32.2. The molecular weight excluding hydrogens is 196 g/mol. The second-order valence-corrected chi connectivity index (χ2v) is 4.14. The lowest BCUT2D eigenvalue weighted by molar-refractivity contribution is -0.115. The number of benzene rings is 1. The van der Waals surface area contributed by atoms with Gasteiger partial charge in [0.05, 0.1) is 0 Å². The number of nitrogen functional groups attached to an aromatic ring is 1. The van der Waals surface area contributed by atoms with Gasteiger partial charge in [-0.25, -0.2) is 0 Å². The van der Waals surface area contributed by atoms with Crippen molar-refractivity contribution in [3.63, 3.8) is 0 Å². The van der Waals surface area contributed by atoms with E-state index in [0.717, 1.165) is 15.5 Å². The third-order valence-corrected chi connectivity index (χ3v) is 3.01. The van der Waals surface area contributed by atoms with Gasteiger partial charge in [-0.2, -0.15) is 0 Å². The number of amides is 1. The topological polar surface area (TPSA) is 55.1 Å². The first-order valence-electron chi connectivity index (χ1n) is 4.26. The summed E-state index contributed by atoms with van der Waals surface area (Å²) < 4.78 is 0. The van der Waals surface area contributed by atoms with Crippen molar-refractivity contribution >= 4 is 23.4 Å². The summed E-state index contributed by atoms with van der Waals surface area (Å²) in [5, 5.41) is 2.72. The lowest BCUT2D eigenvalue weighted by Gasteiger charge is -2.04. The minimum atomic E-state index is -0.0259. The predicted molar refractivity (Wildman–Crippen MR) is 57.8 cm³/mol. The molecule has 1 aliphatic rings. The summed E-state index contributed by atoms with van der Waals surface area (Å²) in [5.74, 6) is -0.0259. The maximum Gasteiger partial charge on any atom is 0.245 e. The van der Waals surface area contributed by atoms with Crippen molar-refractivity contribution < 1.29 is 4.79 Å². The number of hydrogen-bond acceptors (Lipinski definition) is 3. The normalized spacial score (nSPS) is 15.1. The molecule has 0 bridgehead atoms. The van der Waals surface area contributed by atoms with Gasteiger partial charge in [0.15, 0.2) is 0 Å². The minimum absolute atomic E-state index is 0.0259. The van der Waals surface area contributed by atoms with Crippen LogP contribution in [0.25, 0.3) is 0 Å². The Hall–Kier alpha value is -1.42. The van der Waals surface area contributed by atoms with Gasteiger partial charge in [-0.15, -0.1) is 0 Å². The summed E-state index contributed by atoms with van der Waals surface area (Å²) >= 11 is 1.53. The predicted octanol–water partition coefficient (Wildman–Crippen LogP) is 1.37. The summed E-state index contributed by atoms with van der Waals surface area (Å²) in [7, 11) is 0. The molecular formula is C10H10N2OS. The average molecular weight is 206 g/mol. The molecule has 0 aliphatic carbocycles. The zero-order chi connectivity index (χ0) is 9.97. The summed E-state index contributed by atoms with van der Waals surface area (Å²) in [5.41, 5.74) is 6.53. The molecule has 0 unspecified atom stereocenters. The van der Waals surface area contributed by atoms with Gasteiger partial charge in [-0.1, -0.05) is 23.9 Å². The molecule has 1 aromatic carbocycles. The summed E-state index contributed by atoms with van der Waals surface area (Å²) in [6.07, 6.45) is 1.61. The van der Waals surface area contributed by atoms with E-state index in [2.05, 4.69) is 5.32 Å². The van der Waals surface area contributed by atoms with Crippen LogP contribution in [0, 0.1) is 0 Å². The Morgan fingerprint density at radius 3 is 2.79 bits per heavy atom. The fraction of sp³-hybridized carbons (Fsp3) is 0.100. The molecule has 1 aliphatic heterocycles. The van der Waals surface area contributed by atoms with E-state index >= 15 is 0 Å². The Balaban J connectivity index is 2.15. The van der Waals surface area contributed by atoms with Crippen molar-refractivity contribution in [2.45, 2.75) is 4.90 Å². The van der Waals surface area contributed by atoms with Gasteiger partial charge in [0.1, 0.15) is 0 Å². The van der Waals surface area contributed by atoms with E-state index in [1.54, 1.807) is 6.08 Å². The van der Waals surface area contributed by atoms with Gasteiger partial charge in [0, 0.05) is 28.1 Å². The van der Waals surface area contributed by atoms with Crippen molar-refractivity contribution in [3.8, 4) is 0 Å². The number of thioether (sulfide) groups is 1. The van der Waals surface area contributed by atoms with E-state index in [4.69, 9.17) is 5.73 Å². The molecule has 0 saturated carbocycles. The Morgan fingerprint density at radius 2 is 2.14 bits per heavy atom. The highest BCUT2D eigenvalue weighted by Crippen LogP contribution is 2.31. The van der Waals surface area contributed by atoms with Crippen LogP contribution in [0.1, 0.15) is 0 Å². The lowest BCUT2D eigenvalue weighted by atomic mass is 10.3. The third kappa shape index (κ3) is 1.90. The van der Waals surface area contributed by atoms with E-state index in [1.807, 2.05) is 24.3 Å². The Kier molecular flexibility index (Phi) is 2.45. The van der Waals surface area contributed by atoms with E-state index in [1.165, 1.54) is 11.8 Å². The second-order valence-electron chi connectivity index (χ2n) is 2.97. The Labute approximate surface area is 86.4 Å². The van der Waals surface area contributed by atoms with Crippen molar-refractivity contribution in [1.82, 2.24) is 5.32 Å². The third-order valence-electron chi connectivity index (χ3n) is 1.89. The molecule has 0 fully saturated rings. The molecule has 14 heavy (non-hydrogen) atoms. The quantitative estimate of drug-likeness (QED) is 0.719. The van der Waals surface area contributed by atoms with E-state index < -0.39 is 0 Å². The molecule has 1 amide bonds. The fourth-order valence-electron chi connectivity index (χ4n) is 1.20. The number of nitrogens with one attached hydrogen (secondary N) is 1. The molecule has 0 saturated heterocycles. The van der Waals surface area contributed by atoms with E-state index in [9.17, 15) is 4.79 Å². The highest BCUT2D eigenvalue weighted by molar-refractivity contribution is 8.03. The monoisotopic (exact) mass is 206 g/mol. The molecule has 3 N–H and O–H groups in total. The second kappa shape index (κ2) is 3.75. The van der Waals surface area contributed by atoms with Crippen molar-refractivity contribution in [3.05, 3.63) is 35.2 Å². The molecule has 0 spiro atoms. The first kappa shape index (κ1) is 9.15.